The summed E-state index contributed by atoms with van der Waals surface area (Å²) in [7, 11) is 0. The van der Waals surface area contributed by atoms with E-state index in [4.69, 9.17) is 0 Å². The number of hydrogen-bond acceptors (Lipinski definition) is 3. The van der Waals surface area contributed by atoms with Gasteiger partial charge in [0.15, 0.2) is 0 Å². The highest BCUT2D eigenvalue weighted by molar-refractivity contribution is 5.98. The molecular weight excluding hydrogens is 306 g/mol. The number of carbonyl (C=O) groups is 3. The Labute approximate surface area is 142 Å². The maximum atomic E-state index is 12.1. The van der Waals surface area contributed by atoms with E-state index >= 15 is 0 Å². The van der Waals surface area contributed by atoms with Crippen LogP contribution in [0.25, 0.3) is 0 Å². The lowest BCUT2D eigenvalue weighted by molar-refractivity contribution is -0.120. The van der Waals surface area contributed by atoms with Gasteiger partial charge in [0, 0.05) is 30.8 Å². The van der Waals surface area contributed by atoms with Gasteiger partial charge in [-0.05, 0) is 43.0 Å². The van der Waals surface area contributed by atoms with Crippen LogP contribution in [0.4, 0.5) is 5.69 Å². The van der Waals surface area contributed by atoms with Crippen LogP contribution in [0.1, 0.15) is 43.5 Å². The average Bonchev–Trinajstić information content (AvgIpc) is 2.98. The molecule has 0 atom stereocenters. The Morgan fingerprint density at radius 1 is 1.17 bits per heavy atom. The molecule has 0 spiro atoms. The molecule has 1 heterocycles. The number of hydrogen-bond donors (Lipinski definition) is 2. The zero-order chi connectivity index (χ0) is 17.5. The minimum absolute atomic E-state index is 0.0384. The quantitative estimate of drug-likeness (QED) is 0.798. The number of rotatable bonds is 7. The maximum absolute atomic E-state index is 12.1. The molecule has 3 amide bonds. The minimum Gasteiger partial charge on any atom is -0.355 e. The van der Waals surface area contributed by atoms with Gasteiger partial charge in [-0.25, -0.2) is 0 Å². The number of amides is 3. The van der Waals surface area contributed by atoms with Crippen molar-refractivity contribution in [1.82, 2.24) is 10.6 Å². The number of anilines is 1. The number of carbonyl (C=O) groups excluding carboxylic acids is 3. The topological polar surface area (TPSA) is 78.5 Å². The van der Waals surface area contributed by atoms with E-state index in [1.807, 2.05) is 0 Å². The predicted octanol–water partition coefficient (Wildman–Crippen LogP) is 1.71. The first kappa shape index (κ1) is 18.0. The summed E-state index contributed by atoms with van der Waals surface area (Å²) >= 11 is 0. The van der Waals surface area contributed by atoms with Crippen molar-refractivity contribution in [2.45, 2.75) is 33.1 Å². The number of benzene rings is 1. The van der Waals surface area contributed by atoms with Gasteiger partial charge in [-0.15, -0.1) is 0 Å². The summed E-state index contributed by atoms with van der Waals surface area (Å²) in [5.74, 6) is 0.155. The first-order chi connectivity index (χ1) is 11.5. The van der Waals surface area contributed by atoms with Crippen LogP contribution < -0.4 is 15.5 Å². The van der Waals surface area contributed by atoms with E-state index in [1.165, 1.54) is 0 Å². The summed E-state index contributed by atoms with van der Waals surface area (Å²) in [4.78, 5) is 37.1. The summed E-state index contributed by atoms with van der Waals surface area (Å²) < 4.78 is 0. The normalized spacial score (nSPS) is 14.1. The van der Waals surface area contributed by atoms with Crippen LogP contribution in [0.15, 0.2) is 24.3 Å². The van der Waals surface area contributed by atoms with Gasteiger partial charge >= 0.3 is 0 Å². The summed E-state index contributed by atoms with van der Waals surface area (Å²) in [6, 6.07) is 6.88. The van der Waals surface area contributed by atoms with Gasteiger partial charge in [-0.1, -0.05) is 13.8 Å². The van der Waals surface area contributed by atoms with Gasteiger partial charge in [0.25, 0.3) is 5.91 Å². The van der Waals surface area contributed by atoms with Gasteiger partial charge in [0.05, 0.1) is 6.54 Å². The highest BCUT2D eigenvalue weighted by atomic mass is 16.2. The van der Waals surface area contributed by atoms with Gasteiger partial charge in [0.1, 0.15) is 0 Å². The highest BCUT2D eigenvalue weighted by Gasteiger charge is 2.21. The van der Waals surface area contributed by atoms with Crippen LogP contribution in [0.5, 0.6) is 0 Å². The largest absolute Gasteiger partial charge is 0.355 e. The SMILES string of the molecule is CC(C)CCNC(=O)CNC(=O)c1ccc(N2CCCC2=O)cc1. The monoisotopic (exact) mass is 331 g/mol. The van der Waals surface area contributed by atoms with E-state index < -0.39 is 0 Å². The van der Waals surface area contributed by atoms with Gasteiger partial charge in [-0.2, -0.15) is 0 Å². The standard InChI is InChI=1S/C18H25N3O3/c1-13(2)9-10-19-16(22)12-20-18(24)14-5-7-15(8-6-14)21-11-3-4-17(21)23/h5-8,13H,3-4,9-12H2,1-2H3,(H,19,22)(H,20,24). The Hall–Kier alpha value is -2.37. The minimum atomic E-state index is -0.298. The van der Waals surface area contributed by atoms with Crippen molar-refractivity contribution < 1.29 is 14.4 Å². The molecular formula is C18H25N3O3. The molecule has 2 N–H and O–H groups in total. The lowest BCUT2D eigenvalue weighted by Crippen LogP contribution is -2.37. The van der Waals surface area contributed by atoms with E-state index in [0.717, 1.165) is 25.1 Å². The van der Waals surface area contributed by atoms with Gasteiger partial charge in [0.2, 0.25) is 11.8 Å². The maximum Gasteiger partial charge on any atom is 0.251 e. The molecule has 1 saturated heterocycles. The molecule has 1 aliphatic rings. The molecule has 6 nitrogen and oxygen atoms in total. The second-order valence-electron chi connectivity index (χ2n) is 6.41. The molecule has 1 aliphatic heterocycles. The van der Waals surface area contributed by atoms with Crippen LogP contribution in [-0.4, -0.2) is 37.4 Å². The van der Waals surface area contributed by atoms with Crippen LogP contribution in [-0.2, 0) is 9.59 Å². The van der Waals surface area contributed by atoms with Gasteiger partial charge in [-0.3, -0.25) is 14.4 Å². The van der Waals surface area contributed by atoms with Crippen molar-refractivity contribution >= 4 is 23.4 Å². The van der Waals surface area contributed by atoms with Crippen molar-refractivity contribution in [3.05, 3.63) is 29.8 Å². The van der Waals surface area contributed by atoms with E-state index in [2.05, 4.69) is 24.5 Å². The van der Waals surface area contributed by atoms with Crippen molar-refractivity contribution in [2.75, 3.05) is 24.5 Å². The molecule has 0 aliphatic carbocycles. The molecule has 1 aromatic carbocycles. The van der Waals surface area contributed by atoms with E-state index in [9.17, 15) is 14.4 Å². The summed E-state index contributed by atoms with van der Waals surface area (Å²) in [5, 5.41) is 5.38. The Morgan fingerprint density at radius 2 is 1.88 bits per heavy atom. The fourth-order valence-electron chi connectivity index (χ4n) is 2.54. The highest BCUT2D eigenvalue weighted by Crippen LogP contribution is 2.21. The molecule has 0 unspecified atom stereocenters. The zero-order valence-corrected chi connectivity index (χ0v) is 14.3. The fraction of sp³-hybridized carbons (Fsp3) is 0.500. The smallest absolute Gasteiger partial charge is 0.251 e. The van der Waals surface area contributed by atoms with Gasteiger partial charge < -0.3 is 15.5 Å². The second kappa shape index (κ2) is 8.47. The zero-order valence-electron chi connectivity index (χ0n) is 14.3. The Kier molecular flexibility index (Phi) is 6.35. The van der Waals surface area contributed by atoms with Crippen LogP contribution >= 0.6 is 0 Å². The molecule has 0 aromatic heterocycles. The van der Waals surface area contributed by atoms with E-state index in [-0.39, 0.29) is 24.3 Å². The Morgan fingerprint density at radius 3 is 2.46 bits per heavy atom. The fourth-order valence-corrected chi connectivity index (χ4v) is 2.54. The third kappa shape index (κ3) is 5.08. The molecule has 1 aromatic rings. The second-order valence-corrected chi connectivity index (χ2v) is 6.41. The molecule has 0 saturated carbocycles. The first-order valence-corrected chi connectivity index (χ1v) is 8.42. The summed E-state index contributed by atoms with van der Waals surface area (Å²) in [6.45, 7) is 5.48. The third-order valence-corrected chi connectivity index (χ3v) is 3.97. The van der Waals surface area contributed by atoms with E-state index in [1.54, 1.807) is 29.2 Å². The summed E-state index contributed by atoms with van der Waals surface area (Å²) in [6.07, 6.45) is 2.36. The first-order valence-electron chi connectivity index (χ1n) is 8.42. The van der Waals surface area contributed by atoms with E-state index in [0.29, 0.717) is 24.4 Å². The van der Waals surface area contributed by atoms with Crippen molar-refractivity contribution in [3.8, 4) is 0 Å². The van der Waals surface area contributed by atoms with Crippen molar-refractivity contribution in [2.24, 2.45) is 5.92 Å². The number of nitrogens with zero attached hydrogens (tertiary/aromatic N) is 1. The molecule has 130 valence electrons. The molecule has 0 radical (unpaired) electrons. The molecule has 6 heteroatoms. The summed E-state index contributed by atoms with van der Waals surface area (Å²) in [5.41, 5.74) is 1.28. The van der Waals surface area contributed by atoms with Crippen LogP contribution in [0, 0.1) is 5.92 Å². The lowest BCUT2D eigenvalue weighted by atomic mass is 10.1. The third-order valence-electron chi connectivity index (χ3n) is 3.97. The van der Waals surface area contributed by atoms with Crippen molar-refractivity contribution in [1.29, 1.82) is 0 Å². The molecule has 1 fully saturated rings. The average molecular weight is 331 g/mol. The molecule has 24 heavy (non-hydrogen) atoms. The predicted molar refractivity (Wildman–Crippen MR) is 92.8 cm³/mol. The molecule has 0 bridgehead atoms. The number of nitrogens with one attached hydrogen (secondary N) is 2. The van der Waals surface area contributed by atoms with Crippen molar-refractivity contribution in [3.63, 3.8) is 0 Å². The van der Waals surface area contributed by atoms with Crippen LogP contribution in [0.3, 0.4) is 0 Å². The molecule has 2 rings (SSSR count). The van der Waals surface area contributed by atoms with Crippen LogP contribution in [0.2, 0.25) is 0 Å². The Balaban J connectivity index is 1.80. The Bertz CT molecular complexity index is 596. The lowest BCUT2D eigenvalue weighted by Gasteiger charge is -2.15.